The maximum Gasteiger partial charge on any atom is 0.256 e. The van der Waals surface area contributed by atoms with Gasteiger partial charge in [0, 0.05) is 0 Å². The van der Waals surface area contributed by atoms with Crippen molar-refractivity contribution >= 4 is 32.1 Å². The van der Waals surface area contributed by atoms with Crippen LogP contribution in [-0.4, -0.2) is 31.1 Å². The Morgan fingerprint density at radius 3 is 2.28 bits per heavy atom. The number of amides is 1. The van der Waals surface area contributed by atoms with Gasteiger partial charge in [-0.15, -0.1) is 11.3 Å². The van der Waals surface area contributed by atoms with Gasteiger partial charge < -0.3 is 15.2 Å². The highest BCUT2D eigenvalue weighted by atomic mass is 32.2. The van der Waals surface area contributed by atoms with Crippen molar-refractivity contribution in [3.05, 3.63) is 36.4 Å². The number of ether oxygens (including phenoxy) is 1. The highest BCUT2D eigenvalue weighted by Gasteiger charge is 2.25. The van der Waals surface area contributed by atoms with Crippen LogP contribution in [0.1, 0.15) is 27.7 Å². The van der Waals surface area contributed by atoms with E-state index in [4.69, 9.17) is 4.74 Å². The van der Waals surface area contributed by atoms with E-state index >= 15 is 0 Å². The minimum atomic E-state index is -3.69. The lowest BCUT2D eigenvalue weighted by atomic mass is 10.1. The Morgan fingerprint density at radius 2 is 1.76 bits per heavy atom. The molecule has 0 aliphatic heterocycles. The van der Waals surface area contributed by atoms with Crippen LogP contribution in [0, 0.1) is 0 Å². The van der Waals surface area contributed by atoms with Crippen LogP contribution >= 0.6 is 11.3 Å². The zero-order chi connectivity index (χ0) is 18.8. The number of hydrogen-bond donors (Lipinski definition) is 2. The maximum atomic E-state index is 12.7. The zero-order valence-corrected chi connectivity index (χ0v) is 16.1. The van der Waals surface area contributed by atoms with Crippen molar-refractivity contribution < 1.29 is 23.1 Å². The molecule has 1 aromatic carbocycles. The summed E-state index contributed by atoms with van der Waals surface area (Å²) in [5.41, 5.74) is -1.55. The molecule has 0 aliphatic carbocycles. The lowest BCUT2D eigenvalue weighted by Gasteiger charge is -2.15. The highest BCUT2D eigenvalue weighted by molar-refractivity contribution is 7.93. The first-order valence-corrected chi connectivity index (χ1v) is 9.95. The van der Waals surface area contributed by atoms with Crippen LogP contribution in [0.15, 0.2) is 45.5 Å². The number of benzene rings is 1. The van der Waals surface area contributed by atoms with Crippen molar-refractivity contribution in [2.45, 2.75) is 48.5 Å². The molecule has 2 aromatic rings. The fraction of sp³-hybridized carbons (Fsp3) is 0.353. The number of rotatable bonds is 6. The van der Waals surface area contributed by atoms with Gasteiger partial charge in [0.05, 0.1) is 16.0 Å². The van der Waals surface area contributed by atoms with Crippen LogP contribution in [0.4, 0.5) is 5.00 Å². The van der Waals surface area contributed by atoms with Crippen molar-refractivity contribution in [3.63, 3.8) is 0 Å². The van der Waals surface area contributed by atoms with E-state index in [-0.39, 0.29) is 15.2 Å². The summed E-state index contributed by atoms with van der Waals surface area (Å²) in [6.45, 7) is 6.49. The molecule has 0 aliphatic rings. The van der Waals surface area contributed by atoms with E-state index in [9.17, 15) is 18.3 Å². The zero-order valence-electron chi connectivity index (χ0n) is 14.4. The van der Waals surface area contributed by atoms with E-state index in [2.05, 4.69) is 5.32 Å². The fourth-order valence-electron chi connectivity index (χ4n) is 1.88. The lowest BCUT2D eigenvalue weighted by Crippen LogP contribution is -2.36. The van der Waals surface area contributed by atoms with Gasteiger partial charge in [-0.25, -0.2) is 8.42 Å². The Labute approximate surface area is 151 Å². The number of anilines is 1. The average molecular weight is 383 g/mol. The molecule has 0 unspecified atom stereocenters. The van der Waals surface area contributed by atoms with E-state index < -0.39 is 21.3 Å². The smallest absolute Gasteiger partial charge is 0.256 e. The highest BCUT2D eigenvalue weighted by Crippen LogP contribution is 2.31. The second kappa shape index (κ2) is 7.15. The second-order valence-electron chi connectivity index (χ2n) is 6.27. The molecule has 25 heavy (non-hydrogen) atoms. The molecule has 2 rings (SSSR count). The topological polar surface area (TPSA) is 92.7 Å². The van der Waals surface area contributed by atoms with Crippen LogP contribution in [-0.2, 0) is 14.6 Å². The quantitative estimate of drug-likeness (QED) is 0.800. The van der Waals surface area contributed by atoms with Crippen molar-refractivity contribution in [2.75, 3.05) is 5.32 Å². The van der Waals surface area contributed by atoms with Gasteiger partial charge >= 0.3 is 0 Å². The first-order chi connectivity index (χ1) is 11.5. The van der Waals surface area contributed by atoms with Gasteiger partial charge in [0.1, 0.15) is 15.6 Å². The first-order valence-electron chi connectivity index (χ1n) is 7.65. The minimum Gasteiger partial charge on any atom is -0.491 e. The van der Waals surface area contributed by atoms with Crippen LogP contribution in [0.5, 0.6) is 5.75 Å². The third-order valence-corrected chi connectivity index (χ3v) is 6.41. The molecule has 0 saturated carbocycles. The Kier molecular flexibility index (Phi) is 5.55. The molecule has 1 heterocycles. The van der Waals surface area contributed by atoms with Gasteiger partial charge in [-0.1, -0.05) is 0 Å². The van der Waals surface area contributed by atoms with Gasteiger partial charge in [0.2, 0.25) is 9.84 Å². The van der Waals surface area contributed by atoms with Crippen LogP contribution in [0.3, 0.4) is 0 Å². The fourth-order valence-corrected chi connectivity index (χ4v) is 4.49. The van der Waals surface area contributed by atoms with E-state index in [1.165, 1.54) is 38.1 Å². The molecule has 1 amide bonds. The van der Waals surface area contributed by atoms with Crippen LogP contribution in [0.25, 0.3) is 0 Å². The molecule has 1 aromatic heterocycles. The standard InChI is InChI=1S/C17H21NO5S2/c1-11(2)23-12-5-7-13(8-6-12)25(21,22)15-10-9-14(24-15)18-16(19)17(3,4)20/h5-11,20H,1-4H3,(H,18,19). The maximum absolute atomic E-state index is 12.7. The predicted molar refractivity (Wildman–Crippen MR) is 96.9 cm³/mol. The number of sulfone groups is 1. The Hall–Kier alpha value is -1.90. The van der Waals surface area contributed by atoms with E-state index in [0.717, 1.165) is 11.3 Å². The average Bonchev–Trinajstić information content (AvgIpc) is 2.95. The molecule has 0 atom stereocenters. The van der Waals surface area contributed by atoms with E-state index in [0.29, 0.717) is 10.8 Å². The van der Waals surface area contributed by atoms with Crippen molar-refractivity contribution in [2.24, 2.45) is 0 Å². The van der Waals surface area contributed by atoms with Gasteiger partial charge in [0.25, 0.3) is 5.91 Å². The summed E-state index contributed by atoms with van der Waals surface area (Å²) < 4.78 is 31.0. The molecule has 2 N–H and O–H groups in total. The molecule has 0 fully saturated rings. The first kappa shape index (κ1) is 19.4. The molecular weight excluding hydrogens is 362 g/mol. The van der Waals surface area contributed by atoms with Crippen molar-refractivity contribution in [1.82, 2.24) is 0 Å². The van der Waals surface area contributed by atoms with Gasteiger partial charge in [-0.05, 0) is 64.1 Å². The Bertz CT molecular complexity index is 846. The van der Waals surface area contributed by atoms with Gasteiger partial charge in [-0.3, -0.25) is 4.79 Å². The lowest BCUT2D eigenvalue weighted by molar-refractivity contribution is -0.130. The second-order valence-corrected chi connectivity index (χ2v) is 9.53. The van der Waals surface area contributed by atoms with Gasteiger partial charge in [0.15, 0.2) is 0 Å². The Balaban J connectivity index is 2.21. The molecular formula is C17H21NO5S2. The molecule has 0 saturated heterocycles. The van der Waals surface area contributed by atoms with Crippen LogP contribution in [0.2, 0.25) is 0 Å². The van der Waals surface area contributed by atoms with Crippen molar-refractivity contribution in [1.29, 1.82) is 0 Å². The minimum absolute atomic E-state index is 0.00157. The third-order valence-electron chi connectivity index (χ3n) is 3.14. The SMILES string of the molecule is CC(C)Oc1ccc(S(=O)(=O)c2ccc(NC(=O)C(C)(C)O)s2)cc1. The Morgan fingerprint density at radius 1 is 1.16 bits per heavy atom. The monoisotopic (exact) mass is 383 g/mol. The van der Waals surface area contributed by atoms with Gasteiger partial charge in [-0.2, -0.15) is 0 Å². The predicted octanol–water partition coefficient (Wildman–Crippen LogP) is 3.08. The van der Waals surface area contributed by atoms with Crippen LogP contribution < -0.4 is 10.1 Å². The van der Waals surface area contributed by atoms with Crippen molar-refractivity contribution in [3.8, 4) is 5.75 Å². The number of nitrogens with one attached hydrogen (secondary N) is 1. The largest absolute Gasteiger partial charge is 0.491 e. The third kappa shape index (κ3) is 4.81. The number of hydrogen-bond acceptors (Lipinski definition) is 6. The molecule has 136 valence electrons. The number of carbonyl (C=O) groups is 1. The summed E-state index contributed by atoms with van der Waals surface area (Å²) in [5, 5.41) is 12.5. The summed E-state index contributed by atoms with van der Waals surface area (Å²) in [6, 6.07) is 9.12. The molecule has 8 heteroatoms. The number of aliphatic hydroxyl groups is 1. The molecule has 0 radical (unpaired) electrons. The summed E-state index contributed by atoms with van der Waals surface area (Å²) >= 11 is 0.932. The molecule has 0 spiro atoms. The van der Waals surface area contributed by atoms with E-state index in [1.54, 1.807) is 12.1 Å². The molecule has 6 nitrogen and oxygen atoms in total. The number of carbonyl (C=O) groups excluding carboxylic acids is 1. The normalized spacial score (nSPS) is 12.2. The summed E-state index contributed by atoms with van der Waals surface area (Å²) in [5.74, 6) is -0.00764. The summed E-state index contributed by atoms with van der Waals surface area (Å²) in [7, 11) is -3.69. The summed E-state index contributed by atoms with van der Waals surface area (Å²) in [4.78, 5) is 11.9. The summed E-state index contributed by atoms with van der Waals surface area (Å²) in [6.07, 6.45) is 0.00157. The number of thiophene rings is 1. The van der Waals surface area contributed by atoms with E-state index in [1.807, 2.05) is 13.8 Å². The molecule has 0 bridgehead atoms.